The Bertz CT molecular complexity index is 1110. The van der Waals surface area contributed by atoms with E-state index in [-0.39, 0.29) is 37.0 Å². The number of nitrogen functional groups attached to an aromatic ring is 1. The molecule has 0 radical (unpaired) electrons. The summed E-state index contributed by atoms with van der Waals surface area (Å²) in [6.45, 7) is 4.82. The van der Waals surface area contributed by atoms with E-state index in [1.54, 1.807) is 18.2 Å². The van der Waals surface area contributed by atoms with Gasteiger partial charge in [0.25, 0.3) is 0 Å². The third kappa shape index (κ3) is 6.61. The molecule has 3 rings (SSSR count). The van der Waals surface area contributed by atoms with Crippen LogP contribution in [-0.2, 0) is 14.3 Å². The van der Waals surface area contributed by atoms with Crippen LogP contribution in [0.2, 0.25) is 0 Å². The van der Waals surface area contributed by atoms with E-state index in [4.69, 9.17) is 24.5 Å². The Balaban J connectivity index is 1.62. The highest BCUT2D eigenvalue weighted by Crippen LogP contribution is 2.34. The Morgan fingerprint density at radius 1 is 1.47 bits per heavy atom. The van der Waals surface area contributed by atoms with Crippen LogP contribution in [0.3, 0.4) is 0 Å². The quantitative estimate of drug-likeness (QED) is 0.276. The molecule has 1 saturated heterocycles. The normalized spacial score (nSPS) is 21.0. The molecular formula is C21H25N4O8P. The van der Waals surface area contributed by atoms with E-state index in [1.807, 2.05) is 0 Å². The van der Waals surface area contributed by atoms with E-state index in [0.717, 1.165) is 0 Å². The van der Waals surface area contributed by atoms with Crippen LogP contribution in [0, 0.1) is 0 Å². The minimum Gasteiger partial charge on any atom is -0.575 e. The van der Waals surface area contributed by atoms with E-state index in [0.29, 0.717) is 0 Å². The molecule has 0 saturated carbocycles. The van der Waals surface area contributed by atoms with Crippen molar-refractivity contribution in [1.29, 1.82) is 0 Å². The largest absolute Gasteiger partial charge is 0.575 e. The summed E-state index contributed by atoms with van der Waals surface area (Å²) < 4.78 is 26.7. The third-order valence-corrected chi connectivity index (χ3v) is 5.63. The number of aromatic nitrogens is 2. The number of nitrogens with two attached hydrogens (primary N) is 1. The lowest BCUT2D eigenvalue weighted by Crippen LogP contribution is -2.29. The summed E-state index contributed by atoms with van der Waals surface area (Å²) in [5.74, 6) is -0.214. The SMILES string of the molecule is C=CCOC(=O)C(C)/N=[P+](\[O-])Oc1ccccc1OC[C@H]1O[C@@H](n2ccc(N)nc2=O)C[C@@H]1O. The van der Waals surface area contributed by atoms with E-state index in [9.17, 15) is 19.6 Å². The summed E-state index contributed by atoms with van der Waals surface area (Å²) >= 11 is 0. The van der Waals surface area contributed by atoms with Gasteiger partial charge in [0.15, 0.2) is 11.8 Å². The average Bonchev–Trinajstić information content (AvgIpc) is 3.16. The molecule has 0 amide bonds. The lowest BCUT2D eigenvalue weighted by atomic mass is 10.2. The molecule has 34 heavy (non-hydrogen) atoms. The smallest absolute Gasteiger partial charge is 0.395 e. The van der Waals surface area contributed by atoms with Crippen molar-refractivity contribution in [2.75, 3.05) is 18.9 Å². The topological polar surface area (TPSA) is 171 Å². The lowest BCUT2D eigenvalue weighted by Gasteiger charge is -2.17. The highest BCUT2D eigenvalue weighted by Gasteiger charge is 2.36. The maximum atomic E-state index is 12.3. The van der Waals surface area contributed by atoms with Crippen molar-refractivity contribution in [2.45, 2.75) is 37.8 Å². The second-order valence-electron chi connectivity index (χ2n) is 7.27. The molecule has 1 aromatic carbocycles. The first-order valence-corrected chi connectivity index (χ1v) is 11.4. The van der Waals surface area contributed by atoms with Gasteiger partial charge >= 0.3 is 19.8 Å². The molecule has 1 aliphatic rings. The minimum absolute atomic E-state index is 0.0203. The van der Waals surface area contributed by atoms with Crippen molar-refractivity contribution in [3.63, 3.8) is 0 Å². The van der Waals surface area contributed by atoms with Gasteiger partial charge in [-0.3, -0.25) is 9.09 Å². The van der Waals surface area contributed by atoms with Gasteiger partial charge in [0.2, 0.25) is 5.75 Å². The van der Waals surface area contributed by atoms with E-state index in [2.05, 4.69) is 16.3 Å². The molecule has 5 atom stereocenters. The maximum absolute atomic E-state index is 12.3. The van der Waals surface area contributed by atoms with Crippen molar-refractivity contribution in [3.8, 4) is 11.5 Å². The van der Waals surface area contributed by atoms with Gasteiger partial charge in [0.1, 0.15) is 31.4 Å². The number of para-hydroxylation sites is 2. The molecule has 182 valence electrons. The molecule has 12 nitrogen and oxygen atoms in total. The summed E-state index contributed by atoms with van der Waals surface area (Å²) in [6.07, 6.45) is 0.626. The third-order valence-electron chi connectivity index (χ3n) is 4.75. The number of esters is 1. The van der Waals surface area contributed by atoms with Gasteiger partial charge < -0.3 is 29.9 Å². The van der Waals surface area contributed by atoms with Crippen LogP contribution in [0.15, 0.2) is 58.7 Å². The molecule has 2 aromatic rings. The fourth-order valence-corrected chi connectivity index (χ4v) is 3.80. The van der Waals surface area contributed by atoms with Crippen molar-refractivity contribution < 1.29 is 33.5 Å². The van der Waals surface area contributed by atoms with Crippen LogP contribution in [0.4, 0.5) is 5.82 Å². The number of carbonyl (C=O) groups excluding carboxylic acids is 1. The first-order chi connectivity index (χ1) is 16.3. The van der Waals surface area contributed by atoms with Gasteiger partial charge in [-0.05, 0) is 25.1 Å². The monoisotopic (exact) mass is 492 g/mol. The predicted octanol–water partition coefficient (Wildman–Crippen LogP) is 0.905. The summed E-state index contributed by atoms with van der Waals surface area (Å²) in [5.41, 5.74) is 4.91. The predicted molar refractivity (Wildman–Crippen MR) is 120 cm³/mol. The molecule has 1 aliphatic heterocycles. The summed E-state index contributed by atoms with van der Waals surface area (Å²) in [6, 6.07) is 6.88. The summed E-state index contributed by atoms with van der Waals surface area (Å²) in [4.78, 5) is 39.7. The Hall–Kier alpha value is -3.31. The number of ether oxygens (including phenoxy) is 3. The minimum atomic E-state index is -2.60. The van der Waals surface area contributed by atoms with Crippen LogP contribution < -0.4 is 25.6 Å². The van der Waals surface area contributed by atoms with Crippen LogP contribution in [0.5, 0.6) is 11.5 Å². The molecule has 1 fully saturated rings. The number of carbonyl (C=O) groups is 1. The lowest BCUT2D eigenvalue weighted by molar-refractivity contribution is -0.169. The number of aliphatic hydroxyl groups is 1. The Morgan fingerprint density at radius 3 is 2.91 bits per heavy atom. The maximum Gasteiger partial charge on any atom is 0.395 e. The molecule has 3 N–H and O–H groups in total. The van der Waals surface area contributed by atoms with Crippen molar-refractivity contribution in [2.24, 2.45) is 4.74 Å². The average molecular weight is 492 g/mol. The second-order valence-corrected chi connectivity index (χ2v) is 8.16. The van der Waals surface area contributed by atoms with E-state index in [1.165, 1.54) is 35.9 Å². The van der Waals surface area contributed by atoms with Gasteiger partial charge in [0.05, 0.1) is 6.10 Å². The number of hydrogen-bond donors (Lipinski definition) is 2. The summed E-state index contributed by atoms with van der Waals surface area (Å²) in [5, 5.41) is 10.4. The number of nitrogens with zero attached hydrogens (tertiary/aromatic N) is 3. The number of rotatable bonds is 10. The summed E-state index contributed by atoms with van der Waals surface area (Å²) in [7, 11) is -2.60. The molecule has 2 heterocycles. The van der Waals surface area contributed by atoms with Crippen LogP contribution in [0.25, 0.3) is 0 Å². The fraction of sp³-hybridized carbons (Fsp3) is 0.381. The van der Waals surface area contributed by atoms with Crippen LogP contribution in [0.1, 0.15) is 19.6 Å². The molecule has 0 spiro atoms. The Kier molecular flexibility index (Phi) is 8.72. The zero-order chi connectivity index (χ0) is 24.7. The van der Waals surface area contributed by atoms with Gasteiger partial charge in [-0.2, -0.15) is 4.98 Å². The molecule has 0 aliphatic carbocycles. The molecule has 13 heteroatoms. The standard InChI is InChI=1S/C21H25N4O8P/c1-3-10-30-20(27)13(2)24-34(29)33-16-7-5-4-6-15(16)31-12-17-14(26)11-19(32-17)25-9-8-18(22)23-21(25)28/h3-9,13-14,17,19,26H,1,10-12H2,2H3,(H2,22,23,28)/t13?,14-,17+,19+/m0/s1. The molecule has 2 unspecified atom stereocenters. The van der Waals surface area contributed by atoms with Crippen molar-refractivity contribution in [3.05, 3.63) is 59.7 Å². The first kappa shape index (κ1) is 25.3. The highest BCUT2D eigenvalue weighted by molar-refractivity contribution is 7.34. The zero-order valence-corrected chi connectivity index (χ0v) is 19.2. The fourth-order valence-electron chi connectivity index (χ4n) is 3.06. The number of benzene rings is 1. The highest BCUT2D eigenvalue weighted by atomic mass is 31.1. The molecule has 0 bridgehead atoms. The number of hydrogen-bond acceptors (Lipinski definition) is 11. The van der Waals surface area contributed by atoms with Gasteiger partial charge in [0, 0.05) is 12.6 Å². The Labute approximate surface area is 196 Å². The number of anilines is 1. The second kappa shape index (κ2) is 11.7. The van der Waals surface area contributed by atoms with Crippen LogP contribution >= 0.6 is 8.17 Å². The van der Waals surface area contributed by atoms with Crippen LogP contribution in [-0.4, -0.2) is 52.1 Å². The van der Waals surface area contributed by atoms with E-state index < -0.39 is 44.3 Å². The van der Waals surface area contributed by atoms with E-state index >= 15 is 0 Å². The van der Waals surface area contributed by atoms with Crippen molar-refractivity contribution in [1.82, 2.24) is 9.55 Å². The molecule has 1 aromatic heterocycles. The first-order valence-electron chi connectivity index (χ1n) is 10.3. The van der Waals surface area contributed by atoms with Gasteiger partial charge in [-0.1, -0.05) is 29.5 Å². The van der Waals surface area contributed by atoms with Gasteiger partial charge in [-0.25, -0.2) is 9.59 Å². The molecular weight excluding hydrogens is 467 g/mol. The number of aliphatic hydroxyl groups excluding tert-OH is 1. The zero-order valence-electron chi connectivity index (χ0n) is 18.4. The Morgan fingerprint density at radius 2 is 2.21 bits per heavy atom. The van der Waals surface area contributed by atoms with Crippen molar-refractivity contribution >= 4 is 20.0 Å². The van der Waals surface area contributed by atoms with Gasteiger partial charge in [-0.15, -0.1) is 0 Å².